The minimum Gasteiger partial charge on any atom is -0.357 e. The Morgan fingerprint density at radius 2 is 2.13 bits per heavy atom. The molecule has 1 heterocycles. The molecule has 1 saturated carbocycles. The molecule has 23 heavy (non-hydrogen) atoms. The zero-order valence-corrected chi connectivity index (χ0v) is 14.2. The summed E-state index contributed by atoms with van der Waals surface area (Å²) in [6, 6.07) is 7.23. The second kappa shape index (κ2) is 7.74. The van der Waals surface area contributed by atoms with Crippen LogP contribution in [0.25, 0.3) is 0 Å². The first-order chi connectivity index (χ1) is 11.2. The molecule has 0 unspecified atom stereocenters. The van der Waals surface area contributed by atoms with Crippen LogP contribution in [-0.4, -0.2) is 21.2 Å². The van der Waals surface area contributed by atoms with Gasteiger partial charge in [0.25, 0.3) is 5.69 Å². The summed E-state index contributed by atoms with van der Waals surface area (Å²) in [4.78, 5) is 10.4. The van der Waals surface area contributed by atoms with Crippen LogP contribution < -0.4 is 5.32 Å². The second-order valence-electron chi connectivity index (χ2n) is 5.57. The first-order valence-electron chi connectivity index (χ1n) is 7.67. The molecule has 6 nitrogen and oxygen atoms in total. The number of benzene rings is 1. The minimum absolute atomic E-state index is 0.125. The number of hydrogen-bond donors (Lipinski definition) is 1. The van der Waals surface area contributed by atoms with Crippen LogP contribution in [0, 0.1) is 10.1 Å². The van der Waals surface area contributed by atoms with E-state index in [4.69, 9.17) is 0 Å². The van der Waals surface area contributed by atoms with E-state index in [-0.39, 0.29) is 10.6 Å². The molecule has 122 valence electrons. The van der Waals surface area contributed by atoms with E-state index in [9.17, 15) is 10.1 Å². The third kappa shape index (κ3) is 4.65. The van der Waals surface area contributed by atoms with Crippen molar-refractivity contribution in [3.8, 4) is 0 Å². The minimum atomic E-state index is -0.370. The van der Waals surface area contributed by atoms with E-state index in [1.54, 1.807) is 35.2 Å². The molecule has 3 rings (SSSR count). The Balaban J connectivity index is 1.54. The van der Waals surface area contributed by atoms with E-state index in [1.165, 1.54) is 38.2 Å². The lowest BCUT2D eigenvalue weighted by Crippen LogP contribution is -2.21. The Morgan fingerprint density at radius 1 is 1.30 bits per heavy atom. The number of thioether (sulfide) groups is 1. The number of anilines is 1. The quantitative estimate of drug-likeness (QED) is 0.470. The van der Waals surface area contributed by atoms with E-state index in [1.807, 2.05) is 6.07 Å². The fourth-order valence-electron chi connectivity index (χ4n) is 2.65. The van der Waals surface area contributed by atoms with E-state index in [0.29, 0.717) is 11.8 Å². The summed E-state index contributed by atoms with van der Waals surface area (Å²) in [7, 11) is 0. The predicted octanol–water partition coefficient (Wildman–Crippen LogP) is 4.48. The maximum absolute atomic E-state index is 10.8. The average Bonchev–Trinajstić information content (AvgIpc) is 3.01. The van der Waals surface area contributed by atoms with Crippen LogP contribution >= 0.6 is 23.1 Å². The maximum atomic E-state index is 10.8. The molecule has 1 aromatic heterocycles. The molecule has 0 saturated heterocycles. The Hall–Kier alpha value is -1.67. The highest BCUT2D eigenvalue weighted by molar-refractivity contribution is 8.00. The van der Waals surface area contributed by atoms with Gasteiger partial charge in [-0.05, 0) is 18.4 Å². The smallest absolute Gasteiger partial charge is 0.269 e. The van der Waals surface area contributed by atoms with Crippen molar-refractivity contribution in [2.45, 2.75) is 48.2 Å². The molecule has 8 heteroatoms. The van der Waals surface area contributed by atoms with Gasteiger partial charge in [-0.3, -0.25) is 10.1 Å². The third-order valence-electron chi connectivity index (χ3n) is 3.82. The average molecular weight is 350 g/mol. The molecule has 1 N–H and O–H groups in total. The lowest BCUT2D eigenvalue weighted by Gasteiger charge is -2.21. The van der Waals surface area contributed by atoms with Crippen LogP contribution in [0.4, 0.5) is 10.8 Å². The highest BCUT2D eigenvalue weighted by atomic mass is 32.2. The molecule has 0 atom stereocenters. The number of nitrogens with one attached hydrogen (secondary N) is 1. The van der Waals surface area contributed by atoms with Gasteiger partial charge in [-0.1, -0.05) is 54.5 Å². The zero-order chi connectivity index (χ0) is 16.1. The number of nitro benzene ring substituents is 1. The van der Waals surface area contributed by atoms with Crippen LogP contribution in [0.1, 0.15) is 37.7 Å². The molecular weight excluding hydrogens is 332 g/mol. The van der Waals surface area contributed by atoms with Gasteiger partial charge in [0, 0.05) is 23.9 Å². The number of aromatic nitrogens is 2. The van der Waals surface area contributed by atoms with Gasteiger partial charge >= 0.3 is 0 Å². The lowest BCUT2D eigenvalue weighted by molar-refractivity contribution is -0.384. The number of nitro groups is 1. The summed E-state index contributed by atoms with van der Waals surface area (Å²) in [5.74, 6) is 0.653. The van der Waals surface area contributed by atoms with Gasteiger partial charge in [-0.2, -0.15) is 0 Å². The molecular formula is C15H18N4O2S2. The zero-order valence-electron chi connectivity index (χ0n) is 12.6. The van der Waals surface area contributed by atoms with Crippen molar-refractivity contribution in [1.82, 2.24) is 10.2 Å². The van der Waals surface area contributed by atoms with Gasteiger partial charge in [0.15, 0.2) is 4.34 Å². The summed E-state index contributed by atoms with van der Waals surface area (Å²) >= 11 is 3.11. The van der Waals surface area contributed by atoms with Crippen molar-refractivity contribution in [3.05, 3.63) is 39.9 Å². The van der Waals surface area contributed by atoms with Crippen molar-refractivity contribution in [2.24, 2.45) is 0 Å². The van der Waals surface area contributed by atoms with Crippen LogP contribution in [0.15, 0.2) is 28.6 Å². The summed E-state index contributed by atoms with van der Waals surface area (Å²) in [5, 5.41) is 23.5. The van der Waals surface area contributed by atoms with E-state index in [0.717, 1.165) is 15.0 Å². The molecule has 0 aliphatic heterocycles. The number of rotatable bonds is 6. The van der Waals surface area contributed by atoms with E-state index in [2.05, 4.69) is 15.5 Å². The molecule has 1 aromatic carbocycles. The summed E-state index contributed by atoms with van der Waals surface area (Å²) in [5.41, 5.74) is 1.04. The van der Waals surface area contributed by atoms with Gasteiger partial charge in [0.1, 0.15) is 0 Å². The van der Waals surface area contributed by atoms with Gasteiger partial charge in [0.2, 0.25) is 5.13 Å². The number of non-ortho nitro benzene ring substituents is 1. The normalized spacial score (nSPS) is 15.5. The standard InChI is InChI=1S/C15H18N4O2S2/c20-19(21)13-8-4-5-11(9-13)10-22-15-18-17-14(23-15)16-12-6-2-1-3-7-12/h4-5,8-9,12H,1-3,6-7,10H2,(H,16,17). The molecule has 0 spiro atoms. The molecule has 0 bridgehead atoms. The SMILES string of the molecule is O=[N+]([O-])c1cccc(CSc2nnc(NC3CCCCC3)s2)c1. The van der Waals surface area contributed by atoms with Crippen molar-refractivity contribution < 1.29 is 4.92 Å². The van der Waals surface area contributed by atoms with Crippen molar-refractivity contribution in [2.75, 3.05) is 5.32 Å². The predicted molar refractivity (Wildman–Crippen MR) is 93.1 cm³/mol. The van der Waals surface area contributed by atoms with Gasteiger partial charge in [0.05, 0.1) is 4.92 Å². The topological polar surface area (TPSA) is 81.0 Å². The lowest BCUT2D eigenvalue weighted by atomic mass is 9.96. The number of nitrogens with zero attached hydrogens (tertiary/aromatic N) is 3. The van der Waals surface area contributed by atoms with Crippen LogP contribution in [-0.2, 0) is 5.75 Å². The first-order valence-corrected chi connectivity index (χ1v) is 9.47. The van der Waals surface area contributed by atoms with Crippen LogP contribution in [0.3, 0.4) is 0 Å². The monoisotopic (exact) mass is 350 g/mol. The Morgan fingerprint density at radius 3 is 2.91 bits per heavy atom. The van der Waals surface area contributed by atoms with Crippen LogP contribution in [0.2, 0.25) is 0 Å². The fourth-order valence-corrected chi connectivity index (χ4v) is 4.42. The van der Waals surface area contributed by atoms with E-state index < -0.39 is 0 Å². The van der Waals surface area contributed by atoms with Crippen LogP contribution in [0.5, 0.6) is 0 Å². The summed E-state index contributed by atoms with van der Waals surface area (Å²) in [6.07, 6.45) is 6.31. The fraction of sp³-hybridized carbons (Fsp3) is 0.467. The second-order valence-corrected chi connectivity index (χ2v) is 7.77. The Labute approximate surface area is 142 Å². The van der Waals surface area contributed by atoms with Crippen molar-refractivity contribution in [1.29, 1.82) is 0 Å². The van der Waals surface area contributed by atoms with Gasteiger partial charge in [-0.25, -0.2) is 0 Å². The maximum Gasteiger partial charge on any atom is 0.269 e. The van der Waals surface area contributed by atoms with E-state index >= 15 is 0 Å². The largest absolute Gasteiger partial charge is 0.357 e. The van der Waals surface area contributed by atoms with Gasteiger partial charge in [-0.15, -0.1) is 10.2 Å². The summed E-state index contributed by atoms with van der Waals surface area (Å²) in [6.45, 7) is 0. The number of hydrogen-bond acceptors (Lipinski definition) is 7. The molecule has 1 aliphatic rings. The van der Waals surface area contributed by atoms with Crippen molar-refractivity contribution >= 4 is 33.9 Å². The molecule has 0 radical (unpaired) electrons. The highest BCUT2D eigenvalue weighted by Crippen LogP contribution is 2.30. The molecule has 1 fully saturated rings. The first kappa shape index (κ1) is 16.2. The van der Waals surface area contributed by atoms with Crippen molar-refractivity contribution in [3.63, 3.8) is 0 Å². The third-order valence-corrected chi connectivity index (χ3v) is 5.88. The molecule has 1 aliphatic carbocycles. The summed E-state index contributed by atoms with van der Waals surface area (Å²) < 4.78 is 0.884. The molecule has 2 aromatic rings. The Kier molecular flexibility index (Phi) is 5.45. The highest BCUT2D eigenvalue weighted by Gasteiger charge is 2.15. The molecule has 0 amide bonds. The Bertz CT molecular complexity index is 671. The van der Waals surface area contributed by atoms with Gasteiger partial charge < -0.3 is 5.32 Å².